The fourth-order valence-corrected chi connectivity index (χ4v) is 4.57. The van der Waals surface area contributed by atoms with E-state index in [1.807, 2.05) is 63.2 Å². The molecule has 0 aliphatic rings. The number of hydrogen-bond acceptors (Lipinski definition) is 2. The highest BCUT2D eigenvalue weighted by molar-refractivity contribution is 6.31. The molecule has 0 fully saturated rings. The summed E-state index contributed by atoms with van der Waals surface area (Å²) in [6.07, 6.45) is -4.47. The summed E-state index contributed by atoms with van der Waals surface area (Å²) in [7, 11) is 0. The molecule has 0 amide bonds. The molecule has 3 aromatic carbocycles. The average Bonchev–Trinajstić information content (AvgIpc) is 3.20. The van der Waals surface area contributed by atoms with Gasteiger partial charge in [0.1, 0.15) is 0 Å². The van der Waals surface area contributed by atoms with Crippen molar-refractivity contribution >= 4 is 17.6 Å². The molecular formula is C28H24ClF3N2O2. The Kier molecular flexibility index (Phi) is 6.96. The minimum atomic E-state index is -4.58. The quantitative estimate of drug-likeness (QED) is 0.290. The van der Waals surface area contributed by atoms with Gasteiger partial charge in [-0.25, -0.2) is 4.68 Å². The molecule has 1 unspecified atom stereocenters. The van der Waals surface area contributed by atoms with Gasteiger partial charge in [-0.15, -0.1) is 0 Å². The van der Waals surface area contributed by atoms with Crippen molar-refractivity contribution in [3.05, 3.63) is 105 Å². The van der Waals surface area contributed by atoms with Crippen LogP contribution in [0, 0.1) is 20.8 Å². The van der Waals surface area contributed by atoms with Crippen LogP contribution in [0.15, 0.2) is 66.7 Å². The van der Waals surface area contributed by atoms with Gasteiger partial charge in [0, 0.05) is 12.0 Å². The van der Waals surface area contributed by atoms with Crippen molar-refractivity contribution in [3.8, 4) is 16.9 Å². The molecule has 8 heteroatoms. The molecule has 0 bridgehead atoms. The second-order valence-electron chi connectivity index (χ2n) is 8.98. The lowest BCUT2D eigenvalue weighted by Gasteiger charge is -2.13. The molecule has 1 aromatic heterocycles. The first-order valence-electron chi connectivity index (χ1n) is 11.3. The predicted octanol–water partition coefficient (Wildman–Crippen LogP) is 7.55. The van der Waals surface area contributed by atoms with Crippen LogP contribution in [0.4, 0.5) is 13.2 Å². The summed E-state index contributed by atoms with van der Waals surface area (Å²) in [5, 5.41) is 14.2. The number of carboxylic acid groups (broad SMARTS) is 1. The lowest BCUT2D eigenvalue weighted by molar-refractivity contribution is -0.139. The number of aliphatic carboxylic acids is 1. The van der Waals surface area contributed by atoms with Crippen molar-refractivity contribution in [2.45, 2.75) is 39.3 Å². The average molecular weight is 513 g/mol. The minimum absolute atomic E-state index is 0.110. The molecule has 4 rings (SSSR count). The second-order valence-corrected chi connectivity index (χ2v) is 9.38. The maximum Gasteiger partial charge on any atom is 0.417 e. The van der Waals surface area contributed by atoms with E-state index in [1.54, 1.807) is 6.07 Å². The molecule has 0 aliphatic heterocycles. The van der Waals surface area contributed by atoms with Crippen LogP contribution in [0.3, 0.4) is 0 Å². The van der Waals surface area contributed by atoms with Crippen LogP contribution in [0.5, 0.6) is 0 Å². The normalized spacial score (nSPS) is 12.5. The Bertz CT molecular complexity index is 1410. The lowest BCUT2D eigenvalue weighted by Crippen LogP contribution is -2.15. The smallest absolute Gasteiger partial charge is 0.417 e. The molecule has 0 aliphatic carbocycles. The van der Waals surface area contributed by atoms with Crippen LogP contribution < -0.4 is 0 Å². The number of halogens is 4. The Hall–Kier alpha value is -3.58. The van der Waals surface area contributed by atoms with Crippen molar-refractivity contribution in [3.63, 3.8) is 0 Å². The van der Waals surface area contributed by atoms with Crippen LogP contribution in [0.2, 0.25) is 5.02 Å². The van der Waals surface area contributed by atoms with E-state index >= 15 is 0 Å². The first-order valence-corrected chi connectivity index (χ1v) is 11.6. The molecule has 186 valence electrons. The molecule has 36 heavy (non-hydrogen) atoms. The number of nitrogens with zero attached hydrogens (tertiary/aromatic N) is 2. The molecule has 1 N–H and O–H groups in total. The van der Waals surface area contributed by atoms with Crippen molar-refractivity contribution in [2.75, 3.05) is 0 Å². The number of alkyl halides is 3. The Morgan fingerprint density at radius 3 is 2.14 bits per heavy atom. The largest absolute Gasteiger partial charge is 0.481 e. The molecule has 1 heterocycles. The Morgan fingerprint density at radius 1 is 0.944 bits per heavy atom. The third-order valence-corrected chi connectivity index (χ3v) is 6.28. The Morgan fingerprint density at radius 2 is 1.58 bits per heavy atom. The molecule has 4 nitrogen and oxygen atoms in total. The number of carbonyl (C=O) groups is 1. The van der Waals surface area contributed by atoms with Gasteiger partial charge < -0.3 is 5.11 Å². The van der Waals surface area contributed by atoms with Gasteiger partial charge in [0.25, 0.3) is 0 Å². The van der Waals surface area contributed by atoms with Gasteiger partial charge in [-0.1, -0.05) is 70.8 Å². The van der Waals surface area contributed by atoms with Crippen LogP contribution in [-0.4, -0.2) is 20.9 Å². The van der Waals surface area contributed by atoms with Gasteiger partial charge in [-0.05, 0) is 50.6 Å². The molecule has 1 atom stereocenters. The van der Waals surface area contributed by atoms with Gasteiger partial charge in [-0.3, -0.25) is 4.79 Å². The molecule has 0 saturated heterocycles. The molecule has 4 aromatic rings. The van der Waals surface area contributed by atoms with Crippen molar-refractivity contribution in [1.82, 2.24) is 9.78 Å². The zero-order valence-electron chi connectivity index (χ0n) is 19.9. The van der Waals surface area contributed by atoms with Crippen molar-refractivity contribution in [2.24, 2.45) is 0 Å². The van der Waals surface area contributed by atoms with Gasteiger partial charge in [-0.2, -0.15) is 18.3 Å². The van der Waals surface area contributed by atoms with Gasteiger partial charge >= 0.3 is 12.1 Å². The third-order valence-electron chi connectivity index (χ3n) is 5.97. The van der Waals surface area contributed by atoms with Crippen LogP contribution in [0.25, 0.3) is 16.9 Å². The van der Waals surface area contributed by atoms with E-state index in [1.165, 1.54) is 16.8 Å². The molecule has 0 saturated carbocycles. The number of carboxylic acids is 1. The van der Waals surface area contributed by atoms with E-state index in [0.29, 0.717) is 22.6 Å². The van der Waals surface area contributed by atoms with Gasteiger partial charge in [0.2, 0.25) is 0 Å². The number of hydrogen-bond donors (Lipinski definition) is 1. The standard InChI is InChI=1S/C28H24ClF3N2O2/c1-16-4-6-19(7-5-16)26-14-21(13-23(27(35)36)20-11-17(2)10-18(3)12-20)33-34(26)22-8-9-24(25(29)15-22)28(30,31)32/h4-12,14-15,23H,13H2,1-3H3,(H,35,36). The predicted molar refractivity (Wildman–Crippen MR) is 134 cm³/mol. The van der Waals surface area contributed by atoms with E-state index in [9.17, 15) is 23.1 Å². The third kappa shape index (κ3) is 5.46. The lowest BCUT2D eigenvalue weighted by atomic mass is 9.91. The van der Waals surface area contributed by atoms with E-state index in [4.69, 9.17) is 11.6 Å². The van der Waals surface area contributed by atoms with E-state index in [-0.39, 0.29) is 6.42 Å². The number of aryl methyl sites for hydroxylation is 3. The summed E-state index contributed by atoms with van der Waals surface area (Å²) < 4.78 is 41.2. The highest BCUT2D eigenvalue weighted by atomic mass is 35.5. The van der Waals surface area contributed by atoms with Crippen LogP contribution in [-0.2, 0) is 17.4 Å². The first kappa shape index (κ1) is 25.5. The molecule has 0 radical (unpaired) electrons. The summed E-state index contributed by atoms with van der Waals surface area (Å²) in [4.78, 5) is 12.2. The zero-order valence-corrected chi connectivity index (χ0v) is 20.7. The monoisotopic (exact) mass is 512 g/mol. The maximum absolute atomic E-state index is 13.2. The van der Waals surface area contributed by atoms with Crippen LogP contribution in [0.1, 0.15) is 39.4 Å². The molecular weight excluding hydrogens is 489 g/mol. The highest BCUT2D eigenvalue weighted by Crippen LogP contribution is 2.36. The van der Waals surface area contributed by atoms with Gasteiger partial charge in [0.15, 0.2) is 0 Å². The minimum Gasteiger partial charge on any atom is -0.481 e. The highest BCUT2D eigenvalue weighted by Gasteiger charge is 2.33. The zero-order chi connectivity index (χ0) is 26.2. The Balaban J connectivity index is 1.81. The summed E-state index contributed by atoms with van der Waals surface area (Å²) in [5.74, 6) is -1.82. The number of rotatable bonds is 6. The summed E-state index contributed by atoms with van der Waals surface area (Å²) in [6, 6.07) is 18.5. The summed E-state index contributed by atoms with van der Waals surface area (Å²) in [6.45, 7) is 5.77. The van der Waals surface area contributed by atoms with E-state index in [2.05, 4.69) is 5.10 Å². The van der Waals surface area contributed by atoms with Crippen molar-refractivity contribution < 1.29 is 23.1 Å². The van der Waals surface area contributed by atoms with Gasteiger partial charge in [0.05, 0.1) is 33.6 Å². The first-order chi connectivity index (χ1) is 16.9. The SMILES string of the molecule is Cc1ccc(-c2cc(CC(C(=O)O)c3cc(C)cc(C)c3)nn2-c2ccc(C(F)(F)F)c(Cl)c2)cc1. The maximum atomic E-state index is 13.2. The fourth-order valence-electron chi connectivity index (χ4n) is 4.29. The fraction of sp³-hybridized carbons (Fsp3) is 0.214. The van der Waals surface area contributed by atoms with Crippen molar-refractivity contribution in [1.29, 1.82) is 0 Å². The van der Waals surface area contributed by atoms with E-state index in [0.717, 1.165) is 28.3 Å². The van der Waals surface area contributed by atoms with Crippen LogP contribution >= 0.6 is 11.6 Å². The number of benzene rings is 3. The summed E-state index contributed by atoms with van der Waals surface area (Å²) in [5.41, 5.74) is 4.94. The molecule has 0 spiro atoms. The Labute approximate surface area is 212 Å². The van der Waals surface area contributed by atoms with E-state index < -0.39 is 28.6 Å². The second kappa shape index (κ2) is 9.82. The topological polar surface area (TPSA) is 55.1 Å². The summed E-state index contributed by atoms with van der Waals surface area (Å²) >= 11 is 5.99. The number of aromatic nitrogens is 2.